The van der Waals surface area contributed by atoms with Crippen molar-refractivity contribution < 1.29 is 13.7 Å². The molecule has 2 nitrogen and oxygen atoms in total. The minimum Gasteiger partial charge on any atom is -0.308 e. The van der Waals surface area contributed by atoms with Crippen molar-refractivity contribution in [3.63, 3.8) is 0 Å². The average molecular weight is 567 g/mol. The predicted octanol–water partition coefficient (Wildman–Crippen LogP) is 11.3. The summed E-state index contributed by atoms with van der Waals surface area (Å²) in [5.74, 6) is 0. The van der Waals surface area contributed by atoms with Crippen LogP contribution in [0.2, 0.25) is 0 Å². The lowest BCUT2D eigenvalue weighted by Gasteiger charge is -2.05. The second-order valence-corrected chi connectivity index (χ2v) is 11.4. The van der Waals surface area contributed by atoms with E-state index in [1.54, 1.807) is 0 Å². The van der Waals surface area contributed by atoms with Crippen molar-refractivity contribution >= 4 is 76.2 Å². The first kappa shape index (κ1) is 15.6. The summed E-state index contributed by atoms with van der Waals surface area (Å²) in [5, 5.41) is 8.22. The van der Waals surface area contributed by atoms with Gasteiger partial charge in [0.1, 0.15) is 0 Å². The van der Waals surface area contributed by atoms with E-state index in [2.05, 4.69) is 45.2 Å². The molecular weight excluding hydrogens is 532 g/mol. The van der Waals surface area contributed by atoms with Gasteiger partial charge in [-0.05, 0) is 46.5 Å². The minimum absolute atomic E-state index is 0.161. The molecule has 2 heteroatoms. The van der Waals surface area contributed by atoms with E-state index in [1.165, 1.54) is 0 Å². The third-order valence-corrected chi connectivity index (χ3v) is 9.33. The van der Waals surface area contributed by atoms with Gasteiger partial charge >= 0.3 is 0 Å². The van der Waals surface area contributed by atoms with E-state index in [-0.39, 0.29) is 59.5 Å². The predicted molar refractivity (Wildman–Crippen MR) is 187 cm³/mol. The average Bonchev–Trinajstić information content (AvgIpc) is 3.90. The number of rotatable bonds is 2. The summed E-state index contributed by atoms with van der Waals surface area (Å²) >= 11 is 0. The molecule has 0 aliphatic carbocycles. The molecule has 0 radical (unpaired) electrons. The normalized spacial score (nSPS) is 15.7. The van der Waals surface area contributed by atoms with Crippen LogP contribution in [0.3, 0.4) is 0 Å². The lowest BCUT2D eigenvalue weighted by Crippen LogP contribution is -1.85. The molecule has 11 rings (SSSR count). The van der Waals surface area contributed by atoms with Gasteiger partial charge in [-0.2, -0.15) is 0 Å². The Balaban J connectivity index is 1.24. The van der Waals surface area contributed by atoms with E-state index in [1.807, 2.05) is 48.5 Å². The van der Waals surface area contributed by atoms with Crippen LogP contribution in [0.25, 0.3) is 98.4 Å². The maximum Gasteiger partial charge on any atom is 0.0629 e. The highest BCUT2D eigenvalue weighted by molar-refractivity contribution is 6.29. The van der Waals surface area contributed by atoms with Gasteiger partial charge in [0.25, 0.3) is 0 Å². The molecule has 0 N–H and O–H groups in total. The summed E-state index contributed by atoms with van der Waals surface area (Å²) in [6.45, 7) is 0. The quantitative estimate of drug-likeness (QED) is 0.197. The molecule has 7 aromatic carbocycles. The number of nitrogens with zero attached hydrogens (tertiary/aromatic N) is 2. The topological polar surface area (TPSA) is 8.82 Å². The number of aromatic nitrogens is 2. The zero-order valence-corrected chi connectivity index (χ0v) is 23.0. The van der Waals surface area contributed by atoms with Crippen molar-refractivity contribution in [1.29, 1.82) is 0 Å². The second-order valence-electron chi connectivity index (χ2n) is 11.4. The molecule has 0 bridgehead atoms. The number of hydrogen-bond donors (Lipinski definition) is 0. The van der Waals surface area contributed by atoms with Gasteiger partial charge in [0.15, 0.2) is 0 Å². The van der Waals surface area contributed by atoms with Gasteiger partial charge in [0, 0.05) is 43.1 Å². The van der Waals surface area contributed by atoms with Crippen LogP contribution in [-0.4, -0.2) is 8.80 Å². The Bertz CT molecular complexity index is 3220. The van der Waals surface area contributed by atoms with Crippen LogP contribution in [0, 0.1) is 0 Å². The molecule has 11 aromatic rings. The van der Waals surface area contributed by atoms with E-state index in [9.17, 15) is 0 Å². The molecule has 0 saturated carbocycles. The highest BCUT2D eigenvalue weighted by atomic mass is 14.9. The largest absolute Gasteiger partial charge is 0.308 e. The lowest BCUT2D eigenvalue weighted by molar-refractivity contribution is 1.36. The molecule has 44 heavy (non-hydrogen) atoms. The Morgan fingerprint density at radius 2 is 0.727 bits per heavy atom. The maximum absolute atomic E-state index is 8.64. The minimum atomic E-state index is -0.423. The summed E-state index contributed by atoms with van der Waals surface area (Å²) < 4.78 is 88.3. The van der Waals surface area contributed by atoms with Crippen LogP contribution in [0.15, 0.2) is 145 Å². The van der Waals surface area contributed by atoms with Crippen LogP contribution < -0.4 is 0 Å². The van der Waals surface area contributed by atoms with E-state index in [0.717, 1.165) is 76.2 Å². The molecule has 0 unspecified atom stereocenters. The van der Waals surface area contributed by atoms with Crippen molar-refractivity contribution in [3.8, 4) is 22.3 Å². The number of para-hydroxylation sites is 2. The van der Waals surface area contributed by atoms with E-state index < -0.39 is 12.1 Å². The van der Waals surface area contributed by atoms with Crippen LogP contribution in [0.5, 0.6) is 0 Å². The van der Waals surface area contributed by atoms with E-state index >= 15 is 0 Å². The zero-order chi connectivity index (χ0) is 37.2. The summed E-state index contributed by atoms with van der Waals surface area (Å²) in [5.41, 5.74) is 7.14. The molecule has 4 aromatic heterocycles. The Hall–Kier alpha value is -5.86. The van der Waals surface area contributed by atoms with Crippen molar-refractivity contribution in [2.24, 2.45) is 0 Å². The van der Waals surface area contributed by atoms with Crippen molar-refractivity contribution in [3.05, 3.63) is 145 Å². The smallest absolute Gasteiger partial charge is 0.0629 e. The van der Waals surface area contributed by atoms with E-state index in [0.29, 0.717) is 11.1 Å². The monoisotopic (exact) mass is 566 g/mol. The molecule has 0 aliphatic heterocycles. The molecule has 0 fully saturated rings. The van der Waals surface area contributed by atoms with Crippen molar-refractivity contribution in [2.45, 2.75) is 0 Å². The standard InChI is InChI=1S/C42H24N2/c1-3-9-25(10-4-1)27-17-19-29-31-13-7-15-33-35-24-40-36(23-39(35)43(41(31)33)37(29)21-27)34-16-8-14-32-30-20-18-28(26-11-5-2-6-12-26)22-38(30)44(40)42(32)34/h1-24H/i1D,2D,3D,4D,5D,6D,9D,10D,11D,12D. The molecule has 0 atom stereocenters. The van der Waals surface area contributed by atoms with Crippen LogP contribution >= 0.6 is 0 Å². The van der Waals surface area contributed by atoms with Gasteiger partial charge in [-0.3, -0.25) is 0 Å². The van der Waals surface area contributed by atoms with Gasteiger partial charge in [-0.25, -0.2) is 0 Å². The number of hydrogen-bond acceptors (Lipinski definition) is 0. The fourth-order valence-electron chi connectivity index (χ4n) is 7.55. The van der Waals surface area contributed by atoms with Gasteiger partial charge in [0.2, 0.25) is 0 Å². The Labute approximate surface area is 266 Å². The van der Waals surface area contributed by atoms with Gasteiger partial charge < -0.3 is 8.80 Å². The molecule has 0 amide bonds. The third kappa shape index (κ3) is 2.72. The molecule has 0 aliphatic rings. The Morgan fingerprint density at radius 1 is 0.341 bits per heavy atom. The van der Waals surface area contributed by atoms with Crippen LogP contribution in [-0.2, 0) is 0 Å². The first-order valence-corrected chi connectivity index (χ1v) is 14.5. The highest BCUT2D eigenvalue weighted by Gasteiger charge is 2.22. The number of fused-ring (bicyclic) bond motifs is 12. The fraction of sp³-hybridized carbons (Fsp3) is 0. The highest BCUT2D eigenvalue weighted by Crippen LogP contribution is 2.45. The first-order chi connectivity index (χ1) is 26.0. The molecular formula is C42H24N2. The van der Waals surface area contributed by atoms with Crippen molar-refractivity contribution in [1.82, 2.24) is 8.80 Å². The Morgan fingerprint density at radius 3 is 1.16 bits per heavy atom. The molecule has 0 saturated heterocycles. The van der Waals surface area contributed by atoms with Gasteiger partial charge in [-0.1, -0.05) is 121 Å². The maximum atomic E-state index is 8.64. The molecule has 0 spiro atoms. The molecule has 4 heterocycles. The zero-order valence-electron chi connectivity index (χ0n) is 33.0. The molecule has 202 valence electrons. The van der Waals surface area contributed by atoms with Crippen molar-refractivity contribution in [2.75, 3.05) is 0 Å². The summed E-state index contributed by atoms with van der Waals surface area (Å²) in [4.78, 5) is 0. The lowest BCUT2D eigenvalue weighted by atomic mass is 10.0. The van der Waals surface area contributed by atoms with Gasteiger partial charge in [-0.15, -0.1) is 0 Å². The van der Waals surface area contributed by atoms with Gasteiger partial charge in [0.05, 0.1) is 46.8 Å². The second kappa shape index (κ2) is 7.94. The first-order valence-electron chi connectivity index (χ1n) is 19.5. The summed E-state index contributed by atoms with van der Waals surface area (Å²) in [7, 11) is 0. The van der Waals surface area contributed by atoms with Crippen LogP contribution in [0.1, 0.15) is 13.7 Å². The summed E-state index contributed by atoms with van der Waals surface area (Å²) in [6.07, 6.45) is 0. The van der Waals surface area contributed by atoms with Crippen LogP contribution in [0.4, 0.5) is 0 Å². The fourth-order valence-corrected chi connectivity index (χ4v) is 7.55. The van der Waals surface area contributed by atoms with E-state index in [4.69, 9.17) is 13.7 Å². The Kier molecular flexibility index (Phi) is 2.81. The SMILES string of the molecule is [2H]c1c([2H])c([2H])c(-c2ccc3c4cccc5c6cc7c(cc6n(c3c2)c45)c2cccc3c4ccc(-c5c([2H])c([2H])c([2H])c([2H])c5[2H])cc4n7c32)c([2H])c1[2H]. The third-order valence-electron chi connectivity index (χ3n) is 9.33. The summed E-state index contributed by atoms with van der Waals surface area (Å²) in [6, 6.07) is 25.0. The number of benzene rings is 7.